The fraction of sp³-hybridized carbons (Fsp3) is 0.278. The molecule has 5 heteroatoms. The molecule has 0 aromatic heterocycles. The van der Waals surface area contributed by atoms with Crippen molar-refractivity contribution in [2.45, 2.75) is 26.8 Å². The second-order valence-electron chi connectivity index (χ2n) is 5.50. The van der Waals surface area contributed by atoms with Crippen molar-refractivity contribution in [3.8, 4) is 5.75 Å². The lowest BCUT2D eigenvalue weighted by molar-refractivity contribution is -0.123. The van der Waals surface area contributed by atoms with E-state index < -0.39 is 0 Å². The summed E-state index contributed by atoms with van der Waals surface area (Å²) in [5.74, 6) is 0.229. The molecule has 2 rings (SSSR count). The summed E-state index contributed by atoms with van der Waals surface area (Å²) < 4.78 is 5.43. The Balaban J connectivity index is 1.92. The Bertz CT molecular complexity index is 716. The predicted molar refractivity (Wildman–Crippen MR) is 94.4 cm³/mol. The minimum absolute atomic E-state index is 0.0916. The normalized spacial score (nSPS) is 11.9. The summed E-state index contributed by atoms with van der Waals surface area (Å²) in [4.78, 5) is 12.0. The molecular formula is C18H19Cl2NO2. The number of nitrogens with one attached hydrogen (secondary N) is 1. The zero-order valence-electron chi connectivity index (χ0n) is 13.3. The van der Waals surface area contributed by atoms with Crippen molar-refractivity contribution in [2.24, 2.45) is 0 Å². The van der Waals surface area contributed by atoms with Gasteiger partial charge in [-0.15, -0.1) is 0 Å². The van der Waals surface area contributed by atoms with Gasteiger partial charge in [0.1, 0.15) is 5.75 Å². The molecule has 23 heavy (non-hydrogen) atoms. The molecule has 0 heterocycles. The molecule has 122 valence electrons. The average molecular weight is 352 g/mol. The molecule has 2 aromatic carbocycles. The topological polar surface area (TPSA) is 38.3 Å². The molecule has 0 aliphatic carbocycles. The molecule has 1 unspecified atom stereocenters. The first kappa shape index (κ1) is 17.6. The number of benzene rings is 2. The molecule has 0 bridgehead atoms. The lowest BCUT2D eigenvalue weighted by atomic mass is 10.0. The van der Waals surface area contributed by atoms with Gasteiger partial charge in [-0.1, -0.05) is 41.4 Å². The highest BCUT2D eigenvalue weighted by Gasteiger charge is 2.12. The third-order valence-corrected chi connectivity index (χ3v) is 4.19. The van der Waals surface area contributed by atoms with E-state index in [1.165, 1.54) is 11.1 Å². The second kappa shape index (κ2) is 7.71. The van der Waals surface area contributed by atoms with Gasteiger partial charge in [-0.2, -0.15) is 0 Å². The Morgan fingerprint density at radius 3 is 2.52 bits per heavy atom. The molecule has 0 aliphatic rings. The third kappa shape index (κ3) is 4.88. The summed E-state index contributed by atoms with van der Waals surface area (Å²) in [7, 11) is 0. The quantitative estimate of drug-likeness (QED) is 0.834. The van der Waals surface area contributed by atoms with Crippen LogP contribution in [0.2, 0.25) is 10.0 Å². The van der Waals surface area contributed by atoms with E-state index in [4.69, 9.17) is 27.9 Å². The Hall–Kier alpha value is -1.71. The molecule has 0 fully saturated rings. The van der Waals surface area contributed by atoms with E-state index in [2.05, 4.69) is 31.3 Å². The highest BCUT2D eigenvalue weighted by Crippen LogP contribution is 2.27. The molecule has 1 amide bonds. The smallest absolute Gasteiger partial charge is 0.258 e. The van der Waals surface area contributed by atoms with Gasteiger partial charge in [0.15, 0.2) is 6.61 Å². The standard InChI is InChI=1S/C18H19Cl2NO2/c1-11-4-5-14(8-12(11)2)13(3)21-18(22)10-23-17-7-6-15(19)9-16(17)20/h4-9,13H,10H2,1-3H3,(H,21,22). The van der Waals surface area contributed by atoms with Crippen LogP contribution in [0.5, 0.6) is 5.75 Å². The van der Waals surface area contributed by atoms with Gasteiger partial charge in [-0.05, 0) is 55.7 Å². The van der Waals surface area contributed by atoms with Crippen molar-refractivity contribution in [1.82, 2.24) is 5.32 Å². The summed E-state index contributed by atoms with van der Waals surface area (Å²) in [6, 6.07) is 10.9. The van der Waals surface area contributed by atoms with Crippen LogP contribution in [-0.4, -0.2) is 12.5 Å². The number of hydrogen-bond donors (Lipinski definition) is 1. The summed E-state index contributed by atoms with van der Waals surface area (Å²) in [6.07, 6.45) is 0. The first-order valence-electron chi connectivity index (χ1n) is 7.31. The molecule has 2 aromatic rings. The molecular weight excluding hydrogens is 333 g/mol. The molecule has 1 N–H and O–H groups in total. The van der Waals surface area contributed by atoms with Crippen molar-refractivity contribution in [1.29, 1.82) is 0 Å². The summed E-state index contributed by atoms with van der Waals surface area (Å²) in [5.41, 5.74) is 3.49. The predicted octanol–water partition coefficient (Wildman–Crippen LogP) is 4.87. The maximum atomic E-state index is 12.0. The van der Waals surface area contributed by atoms with Crippen LogP contribution in [0.3, 0.4) is 0 Å². The maximum absolute atomic E-state index is 12.0. The van der Waals surface area contributed by atoms with Gasteiger partial charge in [-0.25, -0.2) is 0 Å². The maximum Gasteiger partial charge on any atom is 0.258 e. The van der Waals surface area contributed by atoms with E-state index in [1.54, 1.807) is 18.2 Å². The number of ether oxygens (including phenoxy) is 1. The zero-order chi connectivity index (χ0) is 17.0. The summed E-state index contributed by atoms with van der Waals surface area (Å²) >= 11 is 11.8. The van der Waals surface area contributed by atoms with Crippen molar-refractivity contribution in [3.63, 3.8) is 0 Å². The van der Waals surface area contributed by atoms with E-state index in [1.807, 2.05) is 13.0 Å². The lowest BCUT2D eigenvalue weighted by Gasteiger charge is -2.16. The molecule has 0 saturated heterocycles. The Labute approximate surface area is 146 Å². The summed E-state index contributed by atoms with van der Waals surface area (Å²) in [6.45, 7) is 5.96. The van der Waals surface area contributed by atoms with Crippen molar-refractivity contribution in [2.75, 3.05) is 6.61 Å². The summed E-state index contributed by atoms with van der Waals surface area (Å²) in [5, 5.41) is 3.82. The lowest BCUT2D eigenvalue weighted by Crippen LogP contribution is -2.31. The van der Waals surface area contributed by atoms with Crippen LogP contribution >= 0.6 is 23.2 Å². The molecule has 0 radical (unpaired) electrons. The van der Waals surface area contributed by atoms with E-state index in [0.717, 1.165) is 5.56 Å². The Morgan fingerprint density at radius 1 is 1.13 bits per heavy atom. The molecule has 0 spiro atoms. The van der Waals surface area contributed by atoms with E-state index in [-0.39, 0.29) is 18.6 Å². The molecule has 0 saturated carbocycles. The van der Waals surface area contributed by atoms with Gasteiger partial charge in [0.2, 0.25) is 0 Å². The van der Waals surface area contributed by atoms with Crippen molar-refractivity contribution >= 4 is 29.1 Å². The minimum atomic E-state index is -0.207. The first-order valence-corrected chi connectivity index (χ1v) is 8.07. The van der Waals surface area contributed by atoms with E-state index in [0.29, 0.717) is 15.8 Å². The van der Waals surface area contributed by atoms with Crippen LogP contribution < -0.4 is 10.1 Å². The largest absolute Gasteiger partial charge is 0.482 e. The fourth-order valence-electron chi connectivity index (χ4n) is 2.14. The Morgan fingerprint density at radius 2 is 1.87 bits per heavy atom. The molecule has 1 atom stereocenters. The zero-order valence-corrected chi connectivity index (χ0v) is 14.8. The fourth-order valence-corrected chi connectivity index (χ4v) is 2.60. The number of carbonyl (C=O) groups excluding carboxylic acids is 1. The van der Waals surface area contributed by atoms with Crippen LogP contribution in [0.1, 0.15) is 29.7 Å². The van der Waals surface area contributed by atoms with Gasteiger partial charge < -0.3 is 10.1 Å². The average Bonchev–Trinajstić information content (AvgIpc) is 2.49. The number of carbonyl (C=O) groups is 1. The van der Waals surface area contributed by atoms with Crippen LogP contribution in [0.25, 0.3) is 0 Å². The van der Waals surface area contributed by atoms with Gasteiger partial charge in [-0.3, -0.25) is 4.79 Å². The number of rotatable bonds is 5. The Kier molecular flexibility index (Phi) is 5.91. The minimum Gasteiger partial charge on any atom is -0.482 e. The highest BCUT2D eigenvalue weighted by molar-refractivity contribution is 6.35. The van der Waals surface area contributed by atoms with E-state index >= 15 is 0 Å². The van der Waals surface area contributed by atoms with Gasteiger partial charge in [0.05, 0.1) is 11.1 Å². The van der Waals surface area contributed by atoms with Gasteiger partial charge >= 0.3 is 0 Å². The molecule has 0 aliphatic heterocycles. The molecule has 3 nitrogen and oxygen atoms in total. The number of aryl methyl sites for hydroxylation is 2. The van der Waals surface area contributed by atoms with Crippen molar-refractivity contribution in [3.05, 3.63) is 63.1 Å². The third-order valence-electron chi connectivity index (χ3n) is 3.66. The van der Waals surface area contributed by atoms with Crippen LogP contribution in [0.15, 0.2) is 36.4 Å². The number of halogens is 2. The number of hydrogen-bond acceptors (Lipinski definition) is 2. The van der Waals surface area contributed by atoms with Gasteiger partial charge in [0, 0.05) is 5.02 Å². The number of amides is 1. The highest BCUT2D eigenvalue weighted by atomic mass is 35.5. The van der Waals surface area contributed by atoms with Crippen LogP contribution in [0, 0.1) is 13.8 Å². The van der Waals surface area contributed by atoms with Crippen molar-refractivity contribution < 1.29 is 9.53 Å². The first-order chi connectivity index (χ1) is 10.9. The van der Waals surface area contributed by atoms with Crippen LogP contribution in [0.4, 0.5) is 0 Å². The monoisotopic (exact) mass is 351 g/mol. The van der Waals surface area contributed by atoms with E-state index in [9.17, 15) is 4.79 Å². The second-order valence-corrected chi connectivity index (χ2v) is 6.34. The van der Waals surface area contributed by atoms with Gasteiger partial charge in [0.25, 0.3) is 5.91 Å². The van der Waals surface area contributed by atoms with Crippen LogP contribution in [-0.2, 0) is 4.79 Å². The SMILES string of the molecule is Cc1ccc(C(C)NC(=O)COc2ccc(Cl)cc2Cl)cc1C.